The van der Waals surface area contributed by atoms with Gasteiger partial charge in [-0.3, -0.25) is 0 Å². The monoisotopic (exact) mass is 794 g/mol. The second-order valence-corrected chi connectivity index (χ2v) is 15.2. The summed E-state index contributed by atoms with van der Waals surface area (Å²) in [7, 11) is 0. The number of fused-ring (bicyclic) bond motifs is 3. The molecule has 0 atom stereocenters. The minimum Gasteiger partial charge on any atom is -0.456 e. The van der Waals surface area contributed by atoms with Crippen molar-refractivity contribution in [3.63, 3.8) is 0 Å². The predicted octanol–water partition coefficient (Wildman–Crippen LogP) is 15.2. The van der Waals surface area contributed by atoms with Gasteiger partial charge in [0, 0.05) is 44.5 Å². The van der Waals surface area contributed by atoms with Crippen LogP contribution in [0, 0.1) is 0 Å². The molecule has 9 aromatic carbocycles. The Morgan fingerprint density at radius 1 is 0.290 bits per heavy atom. The van der Waals surface area contributed by atoms with Gasteiger partial charge in [-0.1, -0.05) is 176 Å². The van der Waals surface area contributed by atoms with Crippen LogP contribution in [0.1, 0.15) is 0 Å². The molecule has 0 N–H and O–H groups in total. The van der Waals surface area contributed by atoms with Gasteiger partial charge in [0.05, 0.1) is 0 Å². The van der Waals surface area contributed by atoms with Gasteiger partial charge in [0.15, 0.2) is 17.5 Å². The average molecular weight is 795 g/mol. The molecule has 2 aromatic heterocycles. The summed E-state index contributed by atoms with van der Waals surface area (Å²) in [5.74, 6) is 1.79. The Morgan fingerprint density at radius 3 is 1.13 bits per heavy atom. The van der Waals surface area contributed by atoms with Gasteiger partial charge in [-0.2, -0.15) is 0 Å². The Balaban J connectivity index is 1.04. The maximum atomic E-state index is 6.59. The van der Waals surface area contributed by atoms with Crippen LogP contribution in [0.2, 0.25) is 0 Å². The highest BCUT2D eigenvalue weighted by molar-refractivity contribution is 6.13. The third kappa shape index (κ3) is 7.08. The zero-order valence-corrected chi connectivity index (χ0v) is 33.6. The van der Waals surface area contributed by atoms with Crippen LogP contribution in [0.25, 0.3) is 89.5 Å². The van der Waals surface area contributed by atoms with Gasteiger partial charge >= 0.3 is 0 Å². The standard InChI is InChI=1S/C57H38N4O/c1-5-15-39(16-6-1)41-25-31-47(32-26-41)61(48-33-27-42(28-34-48)40-17-7-2-8-18-40)49-35-29-43(30-36-49)51-37-46(38-53-54(51)50-23-13-14-24-52(50)62-53)57-59-55(44-19-9-3-10-20-44)58-56(60-57)45-21-11-4-12-22-45/h1-38H. The van der Waals surface area contributed by atoms with Gasteiger partial charge in [-0.25, -0.2) is 15.0 Å². The molecule has 0 amide bonds. The van der Waals surface area contributed by atoms with E-state index >= 15 is 0 Å². The summed E-state index contributed by atoms with van der Waals surface area (Å²) in [6, 6.07) is 80.0. The number of anilines is 3. The van der Waals surface area contributed by atoms with Gasteiger partial charge in [0.2, 0.25) is 0 Å². The fraction of sp³-hybridized carbons (Fsp3) is 0. The highest BCUT2D eigenvalue weighted by Gasteiger charge is 2.20. The zero-order valence-electron chi connectivity index (χ0n) is 33.6. The lowest BCUT2D eigenvalue weighted by atomic mass is 9.96. The van der Waals surface area contributed by atoms with E-state index in [-0.39, 0.29) is 0 Å². The van der Waals surface area contributed by atoms with Gasteiger partial charge in [-0.15, -0.1) is 0 Å². The lowest BCUT2D eigenvalue weighted by Gasteiger charge is -2.26. The van der Waals surface area contributed by atoms with E-state index in [1.54, 1.807) is 0 Å². The second kappa shape index (κ2) is 16.0. The molecular weight excluding hydrogens is 757 g/mol. The number of hydrogen-bond acceptors (Lipinski definition) is 5. The van der Waals surface area contributed by atoms with Gasteiger partial charge in [0.25, 0.3) is 0 Å². The Bertz CT molecular complexity index is 3160. The van der Waals surface area contributed by atoms with Crippen LogP contribution in [0.4, 0.5) is 17.1 Å². The number of nitrogens with zero attached hydrogens (tertiary/aromatic N) is 4. The SMILES string of the molecule is c1ccc(-c2ccc(N(c3ccc(-c4ccccc4)cc3)c3ccc(-c4cc(-c5nc(-c6ccccc6)nc(-c6ccccc6)n5)cc5oc6ccccc6c45)cc3)cc2)cc1. The molecule has 0 aliphatic carbocycles. The van der Waals surface area contributed by atoms with Crippen molar-refractivity contribution in [3.8, 4) is 67.5 Å². The molecule has 0 saturated carbocycles. The summed E-state index contributed by atoms with van der Waals surface area (Å²) < 4.78 is 6.59. The van der Waals surface area contributed by atoms with Crippen LogP contribution in [0.3, 0.4) is 0 Å². The lowest BCUT2D eigenvalue weighted by molar-refractivity contribution is 0.669. The van der Waals surface area contributed by atoms with Gasteiger partial charge in [-0.05, 0) is 88.0 Å². The number of benzene rings is 9. The number of rotatable bonds is 9. The summed E-state index contributed by atoms with van der Waals surface area (Å²) in [6.45, 7) is 0. The molecule has 5 heteroatoms. The van der Waals surface area contributed by atoms with Crippen molar-refractivity contribution < 1.29 is 4.42 Å². The minimum atomic E-state index is 0.571. The maximum absolute atomic E-state index is 6.59. The number of para-hydroxylation sites is 1. The molecule has 11 aromatic rings. The smallest absolute Gasteiger partial charge is 0.164 e. The maximum Gasteiger partial charge on any atom is 0.164 e. The van der Waals surface area contributed by atoms with Crippen molar-refractivity contribution in [2.75, 3.05) is 4.90 Å². The van der Waals surface area contributed by atoms with Gasteiger partial charge in [0.1, 0.15) is 11.2 Å². The van der Waals surface area contributed by atoms with Crippen molar-refractivity contribution in [2.45, 2.75) is 0 Å². The van der Waals surface area contributed by atoms with Crippen molar-refractivity contribution in [1.29, 1.82) is 0 Å². The molecule has 0 bridgehead atoms. The quantitative estimate of drug-likeness (QED) is 0.146. The number of hydrogen-bond donors (Lipinski definition) is 0. The Labute approximate surface area is 359 Å². The summed E-state index contributed by atoms with van der Waals surface area (Å²) in [5.41, 5.74) is 14.2. The minimum absolute atomic E-state index is 0.571. The second-order valence-electron chi connectivity index (χ2n) is 15.2. The molecular formula is C57H38N4O. The van der Waals surface area contributed by atoms with Crippen LogP contribution < -0.4 is 4.90 Å². The Hall–Kier alpha value is -8.41. The molecule has 0 unspecified atom stereocenters. The Kier molecular flexibility index (Phi) is 9.45. The van der Waals surface area contributed by atoms with E-state index in [4.69, 9.17) is 19.4 Å². The van der Waals surface area contributed by atoms with E-state index < -0.39 is 0 Å². The van der Waals surface area contributed by atoms with E-state index in [2.05, 4.69) is 163 Å². The predicted molar refractivity (Wildman–Crippen MR) is 254 cm³/mol. The average Bonchev–Trinajstić information content (AvgIpc) is 3.74. The third-order valence-electron chi connectivity index (χ3n) is 11.3. The van der Waals surface area contributed by atoms with Crippen LogP contribution >= 0.6 is 0 Å². The summed E-state index contributed by atoms with van der Waals surface area (Å²) in [5, 5.41) is 2.10. The van der Waals surface area contributed by atoms with E-state index in [1.165, 1.54) is 22.3 Å². The topological polar surface area (TPSA) is 55.1 Å². The molecule has 5 nitrogen and oxygen atoms in total. The van der Waals surface area contributed by atoms with E-state index in [1.807, 2.05) is 72.8 Å². The molecule has 0 aliphatic rings. The van der Waals surface area contributed by atoms with Crippen LogP contribution in [0.5, 0.6) is 0 Å². The number of aromatic nitrogens is 3. The summed E-state index contributed by atoms with van der Waals surface area (Å²) in [6.07, 6.45) is 0. The summed E-state index contributed by atoms with van der Waals surface area (Å²) in [4.78, 5) is 17.4. The first kappa shape index (κ1) is 36.7. The van der Waals surface area contributed by atoms with Crippen LogP contribution in [0.15, 0.2) is 235 Å². The van der Waals surface area contributed by atoms with Crippen molar-refractivity contribution >= 4 is 39.0 Å². The molecule has 0 fully saturated rings. The first-order chi connectivity index (χ1) is 30.7. The van der Waals surface area contributed by atoms with Crippen molar-refractivity contribution in [2.24, 2.45) is 0 Å². The lowest BCUT2D eigenvalue weighted by Crippen LogP contribution is -2.09. The highest BCUT2D eigenvalue weighted by Crippen LogP contribution is 2.42. The fourth-order valence-electron chi connectivity index (χ4n) is 8.25. The molecule has 0 radical (unpaired) electrons. The molecule has 2 heterocycles. The molecule has 11 rings (SSSR count). The highest BCUT2D eigenvalue weighted by atomic mass is 16.3. The molecule has 0 aliphatic heterocycles. The van der Waals surface area contributed by atoms with E-state index in [0.29, 0.717) is 17.5 Å². The normalized spacial score (nSPS) is 11.2. The van der Waals surface area contributed by atoms with Crippen LogP contribution in [-0.2, 0) is 0 Å². The largest absolute Gasteiger partial charge is 0.456 e. The molecule has 292 valence electrons. The van der Waals surface area contributed by atoms with Crippen molar-refractivity contribution in [1.82, 2.24) is 15.0 Å². The molecule has 0 spiro atoms. The van der Waals surface area contributed by atoms with Crippen molar-refractivity contribution in [3.05, 3.63) is 231 Å². The third-order valence-corrected chi connectivity index (χ3v) is 11.3. The first-order valence-corrected chi connectivity index (χ1v) is 20.8. The first-order valence-electron chi connectivity index (χ1n) is 20.8. The van der Waals surface area contributed by atoms with E-state index in [9.17, 15) is 0 Å². The fourth-order valence-corrected chi connectivity index (χ4v) is 8.25. The Morgan fingerprint density at radius 2 is 0.661 bits per heavy atom. The molecule has 62 heavy (non-hydrogen) atoms. The van der Waals surface area contributed by atoms with E-state index in [0.717, 1.165) is 66.8 Å². The molecule has 0 saturated heterocycles. The summed E-state index contributed by atoms with van der Waals surface area (Å²) >= 11 is 0. The zero-order chi connectivity index (χ0) is 41.2. The van der Waals surface area contributed by atoms with Gasteiger partial charge < -0.3 is 9.32 Å². The van der Waals surface area contributed by atoms with Crippen LogP contribution in [-0.4, -0.2) is 15.0 Å². The number of furan rings is 1.